The van der Waals surface area contributed by atoms with Gasteiger partial charge in [0.2, 0.25) is 6.41 Å². The van der Waals surface area contributed by atoms with Crippen molar-refractivity contribution in [2.45, 2.75) is 19.3 Å². The number of carbonyl (C=O) groups is 3. The molecular formula is C29H27ClN4O4. The number of rotatable bonds is 8. The van der Waals surface area contributed by atoms with Crippen LogP contribution in [0.15, 0.2) is 42.5 Å². The fourth-order valence-corrected chi connectivity index (χ4v) is 5.98. The maximum absolute atomic E-state index is 13.1. The quantitative estimate of drug-likeness (QED) is 0.191. The standard InChI is InChI=1S/C29H27ClN4O4/c1-33-22-15-24(38-12-6-11-34-9-4-5-10-34)21(31-16-35)13-19(22)25-23(33)14-18(17-7-2-3-8-20(17)30)26-27(25)29(37)32-28(26)36/h2-3,7-8,13-16H,4-6,9-12H2,1H3,(H,31,35)(H,32,36,37). The number of hydrogen-bond donors (Lipinski definition) is 2. The van der Waals surface area contributed by atoms with Gasteiger partial charge in [-0.05, 0) is 56.1 Å². The van der Waals surface area contributed by atoms with Crippen molar-refractivity contribution in [3.63, 3.8) is 0 Å². The Kier molecular flexibility index (Phi) is 6.29. The Morgan fingerprint density at radius 1 is 1.03 bits per heavy atom. The van der Waals surface area contributed by atoms with E-state index in [1.165, 1.54) is 12.8 Å². The van der Waals surface area contributed by atoms with Crippen molar-refractivity contribution in [3.05, 3.63) is 58.6 Å². The zero-order valence-electron chi connectivity index (χ0n) is 21.0. The van der Waals surface area contributed by atoms with Crippen molar-refractivity contribution in [3.8, 4) is 16.9 Å². The topological polar surface area (TPSA) is 92.7 Å². The first-order valence-electron chi connectivity index (χ1n) is 12.8. The minimum atomic E-state index is -0.456. The van der Waals surface area contributed by atoms with Crippen LogP contribution in [0.5, 0.6) is 5.75 Å². The maximum Gasteiger partial charge on any atom is 0.259 e. The predicted octanol–water partition coefficient (Wildman–Crippen LogP) is 4.97. The van der Waals surface area contributed by atoms with Crippen LogP contribution in [0, 0.1) is 0 Å². The number of amides is 3. The summed E-state index contributed by atoms with van der Waals surface area (Å²) in [5, 5.41) is 7.07. The van der Waals surface area contributed by atoms with Crippen molar-refractivity contribution in [1.29, 1.82) is 0 Å². The second kappa shape index (κ2) is 9.78. The molecule has 4 aromatic rings. The van der Waals surface area contributed by atoms with E-state index in [0.717, 1.165) is 42.5 Å². The molecule has 0 atom stereocenters. The molecule has 2 aliphatic heterocycles. The number of benzene rings is 3. The van der Waals surface area contributed by atoms with Crippen LogP contribution in [0.3, 0.4) is 0 Å². The van der Waals surface area contributed by atoms with Gasteiger partial charge in [-0.3, -0.25) is 19.7 Å². The monoisotopic (exact) mass is 530 g/mol. The number of nitrogens with zero attached hydrogens (tertiary/aromatic N) is 2. The number of likely N-dealkylation sites (tertiary alicyclic amines) is 1. The molecule has 3 amide bonds. The molecule has 1 fully saturated rings. The summed E-state index contributed by atoms with van der Waals surface area (Å²) < 4.78 is 8.11. The number of imide groups is 1. The van der Waals surface area contributed by atoms with Gasteiger partial charge in [0, 0.05) is 41.0 Å². The molecule has 0 unspecified atom stereocenters. The van der Waals surface area contributed by atoms with Crippen LogP contribution >= 0.6 is 11.6 Å². The van der Waals surface area contributed by atoms with Crippen molar-refractivity contribution in [2.75, 3.05) is 31.6 Å². The van der Waals surface area contributed by atoms with E-state index in [1.807, 2.05) is 48.0 Å². The summed E-state index contributed by atoms with van der Waals surface area (Å²) in [6, 6.07) is 12.9. The van der Waals surface area contributed by atoms with E-state index in [1.54, 1.807) is 6.07 Å². The molecule has 0 radical (unpaired) electrons. The Morgan fingerprint density at radius 2 is 1.79 bits per heavy atom. The Morgan fingerprint density at radius 3 is 2.55 bits per heavy atom. The summed E-state index contributed by atoms with van der Waals surface area (Å²) in [7, 11) is 1.91. The van der Waals surface area contributed by atoms with E-state index in [4.69, 9.17) is 16.3 Å². The molecular weight excluding hydrogens is 504 g/mol. The Labute approximate surface area is 224 Å². The summed E-state index contributed by atoms with van der Waals surface area (Å²) in [5.41, 5.74) is 3.97. The van der Waals surface area contributed by atoms with Gasteiger partial charge in [-0.1, -0.05) is 29.8 Å². The molecule has 194 valence electrons. The van der Waals surface area contributed by atoms with Crippen molar-refractivity contribution in [2.24, 2.45) is 7.05 Å². The third-order valence-electron chi connectivity index (χ3n) is 7.53. The highest BCUT2D eigenvalue weighted by molar-refractivity contribution is 6.36. The van der Waals surface area contributed by atoms with E-state index in [-0.39, 0.29) is 0 Å². The van der Waals surface area contributed by atoms with Crippen LogP contribution < -0.4 is 15.4 Å². The number of hydrogen-bond acceptors (Lipinski definition) is 5. The van der Waals surface area contributed by atoms with Crippen LogP contribution in [0.2, 0.25) is 5.02 Å². The number of carbonyl (C=O) groups excluding carboxylic acids is 3. The van der Waals surface area contributed by atoms with E-state index in [9.17, 15) is 14.4 Å². The van der Waals surface area contributed by atoms with Crippen LogP contribution in [0.25, 0.3) is 32.9 Å². The molecule has 0 aliphatic carbocycles. The van der Waals surface area contributed by atoms with E-state index in [0.29, 0.717) is 57.1 Å². The SMILES string of the molecule is Cn1c2cc(OCCCN3CCCC3)c(NC=O)cc2c2c3c(c(-c4ccccc4Cl)cc21)C(=O)NC3=O. The summed E-state index contributed by atoms with van der Waals surface area (Å²) in [4.78, 5) is 40.0. The van der Waals surface area contributed by atoms with Gasteiger partial charge >= 0.3 is 0 Å². The van der Waals surface area contributed by atoms with Crippen LogP contribution in [-0.2, 0) is 11.8 Å². The first kappa shape index (κ1) is 24.5. The maximum atomic E-state index is 13.1. The molecule has 1 saturated heterocycles. The van der Waals surface area contributed by atoms with E-state index in [2.05, 4.69) is 15.5 Å². The molecule has 6 rings (SSSR count). The fraction of sp³-hybridized carbons (Fsp3) is 0.276. The molecule has 0 bridgehead atoms. The van der Waals surface area contributed by atoms with Gasteiger partial charge in [0.15, 0.2) is 0 Å². The minimum absolute atomic E-state index is 0.301. The molecule has 8 nitrogen and oxygen atoms in total. The lowest BCUT2D eigenvalue weighted by Gasteiger charge is -2.16. The van der Waals surface area contributed by atoms with Gasteiger partial charge < -0.3 is 19.5 Å². The number of nitrogens with one attached hydrogen (secondary N) is 2. The first-order chi connectivity index (χ1) is 18.5. The molecule has 3 heterocycles. The predicted molar refractivity (Wildman–Crippen MR) is 148 cm³/mol. The van der Waals surface area contributed by atoms with Crippen molar-refractivity contribution in [1.82, 2.24) is 14.8 Å². The molecule has 0 spiro atoms. The highest BCUT2D eigenvalue weighted by atomic mass is 35.5. The number of fused-ring (bicyclic) bond motifs is 5. The molecule has 0 saturated carbocycles. The lowest BCUT2D eigenvalue weighted by atomic mass is 9.93. The van der Waals surface area contributed by atoms with Crippen molar-refractivity contribution >= 4 is 57.3 Å². The molecule has 38 heavy (non-hydrogen) atoms. The highest BCUT2D eigenvalue weighted by Gasteiger charge is 2.35. The Bertz CT molecular complexity index is 1620. The van der Waals surface area contributed by atoms with E-state index >= 15 is 0 Å². The van der Waals surface area contributed by atoms with Crippen molar-refractivity contribution < 1.29 is 19.1 Å². The second-order valence-corrected chi connectivity index (χ2v) is 10.2. The molecule has 1 aromatic heterocycles. The molecule has 2 aliphatic rings. The van der Waals surface area contributed by atoms with Crippen LogP contribution in [0.4, 0.5) is 5.69 Å². The van der Waals surface area contributed by atoms with Gasteiger partial charge in [0.05, 0.1) is 34.5 Å². The molecule has 9 heteroatoms. The first-order valence-corrected chi connectivity index (χ1v) is 13.1. The lowest BCUT2D eigenvalue weighted by molar-refractivity contribution is -0.105. The molecule has 2 N–H and O–H groups in total. The van der Waals surface area contributed by atoms with Crippen LogP contribution in [0.1, 0.15) is 40.0 Å². The average molecular weight is 531 g/mol. The van der Waals surface area contributed by atoms with Crippen LogP contribution in [-0.4, -0.2) is 53.9 Å². The summed E-state index contributed by atoms with van der Waals surface area (Å²) >= 11 is 6.51. The average Bonchev–Trinajstić information content (AvgIpc) is 3.60. The van der Waals surface area contributed by atoms with Gasteiger partial charge in [0.25, 0.3) is 11.8 Å². The largest absolute Gasteiger partial charge is 0.491 e. The number of aromatic nitrogens is 1. The minimum Gasteiger partial charge on any atom is -0.491 e. The highest BCUT2D eigenvalue weighted by Crippen LogP contribution is 2.43. The number of halogens is 1. The Balaban J connectivity index is 1.50. The smallest absolute Gasteiger partial charge is 0.259 e. The zero-order valence-corrected chi connectivity index (χ0v) is 21.7. The van der Waals surface area contributed by atoms with Gasteiger partial charge in [0.1, 0.15) is 5.75 Å². The van der Waals surface area contributed by atoms with E-state index < -0.39 is 11.8 Å². The number of ether oxygens (including phenoxy) is 1. The third kappa shape index (κ3) is 4.01. The molecule has 3 aromatic carbocycles. The zero-order chi connectivity index (χ0) is 26.4. The summed E-state index contributed by atoms with van der Waals surface area (Å²) in [6.07, 6.45) is 3.99. The van der Waals surface area contributed by atoms with Gasteiger partial charge in [-0.25, -0.2) is 0 Å². The van der Waals surface area contributed by atoms with Gasteiger partial charge in [-0.15, -0.1) is 0 Å². The summed E-state index contributed by atoms with van der Waals surface area (Å²) in [6.45, 7) is 3.77. The third-order valence-corrected chi connectivity index (χ3v) is 7.86. The lowest BCUT2D eigenvalue weighted by Crippen LogP contribution is -2.22. The summed E-state index contributed by atoms with van der Waals surface area (Å²) in [5.74, 6) is -0.355. The number of anilines is 1. The normalized spacial score (nSPS) is 15.3. The second-order valence-electron chi connectivity index (χ2n) is 9.77. The number of aryl methyl sites for hydroxylation is 1. The van der Waals surface area contributed by atoms with Gasteiger partial charge in [-0.2, -0.15) is 0 Å². The Hall–Kier alpha value is -3.88. The fourth-order valence-electron chi connectivity index (χ4n) is 5.74.